The zero-order chi connectivity index (χ0) is 11.5. The molecule has 0 aliphatic heterocycles. The molecule has 1 aromatic heterocycles. The summed E-state index contributed by atoms with van der Waals surface area (Å²) in [5.74, 6) is 0.789. The third kappa shape index (κ3) is 1.92. The summed E-state index contributed by atoms with van der Waals surface area (Å²) in [6.07, 6.45) is 4.12. The summed E-state index contributed by atoms with van der Waals surface area (Å²) in [6, 6.07) is 5.17. The van der Waals surface area contributed by atoms with Crippen molar-refractivity contribution < 1.29 is 9.53 Å². The van der Waals surface area contributed by atoms with Crippen LogP contribution in [0.5, 0.6) is 5.75 Å². The Bertz CT molecular complexity index is 505. The Morgan fingerprint density at radius 3 is 3.06 bits per heavy atom. The molecule has 0 unspecified atom stereocenters. The molecule has 3 N–H and O–H groups in total. The smallest absolute Gasteiger partial charge is 0.217 e. The molecule has 0 amide bonds. The monoisotopic (exact) mass is 217 g/mol. The first-order valence-electron chi connectivity index (χ1n) is 5.02. The van der Waals surface area contributed by atoms with Gasteiger partial charge in [0.25, 0.3) is 0 Å². The normalized spacial score (nSPS) is 12.6. The molecular formula is C12H13N2O2. The molecule has 0 aliphatic rings. The van der Waals surface area contributed by atoms with Crippen LogP contribution in [-0.4, -0.2) is 24.4 Å². The molecule has 0 spiro atoms. The summed E-state index contributed by atoms with van der Waals surface area (Å²) in [7, 11) is 1.62. The number of nitrogens with one attached hydrogen (secondary N) is 1. The Hall–Kier alpha value is -1.81. The Morgan fingerprint density at radius 1 is 1.56 bits per heavy atom. The van der Waals surface area contributed by atoms with E-state index in [9.17, 15) is 4.79 Å². The Balaban J connectivity index is 2.41. The number of methoxy groups -OCH3 is 1. The Kier molecular flexibility index (Phi) is 2.92. The first-order chi connectivity index (χ1) is 7.74. The van der Waals surface area contributed by atoms with Crippen molar-refractivity contribution in [2.75, 3.05) is 7.11 Å². The highest BCUT2D eigenvalue weighted by molar-refractivity contribution is 5.85. The van der Waals surface area contributed by atoms with Gasteiger partial charge in [0.2, 0.25) is 6.29 Å². The van der Waals surface area contributed by atoms with Gasteiger partial charge in [0, 0.05) is 17.1 Å². The fourth-order valence-electron chi connectivity index (χ4n) is 1.73. The van der Waals surface area contributed by atoms with Crippen molar-refractivity contribution in [3.05, 3.63) is 30.0 Å². The van der Waals surface area contributed by atoms with Crippen molar-refractivity contribution in [1.82, 2.24) is 4.98 Å². The zero-order valence-electron chi connectivity index (χ0n) is 8.99. The fraction of sp³-hybridized carbons (Fsp3) is 0.250. The molecule has 0 aliphatic carbocycles. The third-order valence-electron chi connectivity index (χ3n) is 2.57. The van der Waals surface area contributed by atoms with Crippen LogP contribution < -0.4 is 10.5 Å². The van der Waals surface area contributed by atoms with E-state index in [1.54, 1.807) is 13.4 Å². The van der Waals surface area contributed by atoms with Gasteiger partial charge in [-0.15, -0.1) is 0 Å². The maximum absolute atomic E-state index is 10.4. The first kappa shape index (κ1) is 10.7. The number of rotatable bonds is 4. The van der Waals surface area contributed by atoms with Crippen LogP contribution in [0.4, 0.5) is 0 Å². The van der Waals surface area contributed by atoms with Crippen LogP contribution in [0.1, 0.15) is 5.56 Å². The van der Waals surface area contributed by atoms with Crippen molar-refractivity contribution in [1.29, 1.82) is 0 Å². The van der Waals surface area contributed by atoms with Gasteiger partial charge in [-0.3, -0.25) is 4.79 Å². The topological polar surface area (TPSA) is 68.1 Å². The van der Waals surface area contributed by atoms with Gasteiger partial charge in [0.05, 0.1) is 13.2 Å². The van der Waals surface area contributed by atoms with Gasteiger partial charge in [-0.2, -0.15) is 0 Å². The molecular weight excluding hydrogens is 204 g/mol. The maximum atomic E-state index is 10.4. The number of benzene rings is 1. The van der Waals surface area contributed by atoms with Gasteiger partial charge in [0.1, 0.15) is 5.75 Å². The van der Waals surface area contributed by atoms with Gasteiger partial charge in [-0.1, -0.05) is 0 Å². The van der Waals surface area contributed by atoms with E-state index in [-0.39, 0.29) is 0 Å². The highest BCUT2D eigenvalue weighted by Crippen LogP contribution is 2.24. The quantitative estimate of drug-likeness (QED) is 0.807. The summed E-state index contributed by atoms with van der Waals surface area (Å²) in [5, 5.41) is 1.03. The van der Waals surface area contributed by atoms with Crippen molar-refractivity contribution in [2.45, 2.75) is 12.5 Å². The molecule has 1 radical (unpaired) electrons. The number of aromatic nitrogens is 1. The van der Waals surface area contributed by atoms with Crippen molar-refractivity contribution in [3.63, 3.8) is 0 Å². The van der Waals surface area contributed by atoms with Crippen LogP contribution in [0.25, 0.3) is 10.9 Å². The molecule has 0 saturated heterocycles. The molecule has 2 rings (SSSR count). The van der Waals surface area contributed by atoms with Gasteiger partial charge < -0.3 is 15.5 Å². The summed E-state index contributed by atoms with van der Waals surface area (Å²) in [5.41, 5.74) is 7.57. The van der Waals surface area contributed by atoms with E-state index in [0.717, 1.165) is 22.2 Å². The second kappa shape index (κ2) is 4.37. The minimum absolute atomic E-state index is 0.483. The molecule has 4 heteroatoms. The average Bonchev–Trinajstić information content (AvgIpc) is 2.71. The minimum Gasteiger partial charge on any atom is -0.497 e. The number of hydrogen-bond donors (Lipinski definition) is 2. The fourth-order valence-corrected chi connectivity index (χ4v) is 1.73. The number of nitrogens with two attached hydrogens (primary N) is 1. The van der Waals surface area contributed by atoms with E-state index in [0.29, 0.717) is 6.42 Å². The van der Waals surface area contributed by atoms with Crippen molar-refractivity contribution >= 4 is 17.2 Å². The standard InChI is InChI=1S/C12H13N2O2/c1-16-10-2-3-12-11(5-10)8(6-14-12)4-9(13)7-15/h2-3,5-6,9,14H,4,13H2,1H3/t9-/m0/s1. The van der Waals surface area contributed by atoms with Crippen LogP contribution in [0.2, 0.25) is 0 Å². The van der Waals surface area contributed by atoms with Crippen LogP contribution in [0.15, 0.2) is 24.4 Å². The van der Waals surface area contributed by atoms with Gasteiger partial charge in [-0.25, -0.2) is 0 Å². The average molecular weight is 217 g/mol. The highest BCUT2D eigenvalue weighted by atomic mass is 16.5. The van der Waals surface area contributed by atoms with E-state index < -0.39 is 6.04 Å². The molecule has 2 aromatic rings. The van der Waals surface area contributed by atoms with Gasteiger partial charge >= 0.3 is 0 Å². The first-order valence-corrected chi connectivity index (χ1v) is 5.02. The van der Waals surface area contributed by atoms with Crippen LogP contribution in [0.3, 0.4) is 0 Å². The lowest BCUT2D eigenvalue weighted by Crippen LogP contribution is -2.23. The molecule has 83 valence electrons. The SMILES string of the molecule is COc1ccc2[nH]cc(C[C@H](N)[C]=O)c2c1. The Morgan fingerprint density at radius 2 is 2.38 bits per heavy atom. The Labute approximate surface area is 93.4 Å². The van der Waals surface area contributed by atoms with Crippen LogP contribution in [-0.2, 0) is 11.2 Å². The lowest BCUT2D eigenvalue weighted by molar-refractivity contribution is 0.415. The summed E-state index contributed by atoms with van der Waals surface area (Å²) in [6.45, 7) is 0. The predicted octanol–water partition coefficient (Wildman–Crippen LogP) is 1.16. The molecule has 1 aromatic carbocycles. The number of ether oxygens (including phenoxy) is 1. The van der Waals surface area contributed by atoms with E-state index >= 15 is 0 Å². The van der Waals surface area contributed by atoms with E-state index in [1.165, 1.54) is 0 Å². The van der Waals surface area contributed by atoms with Gasteiger partial charge in [0.15, 0.2) is 0 Å². The molecule has 1 atom stereocenters. The molecule has 16 heavy (non-hydrogen) atoms. The molecule has 0 saturated carbocycles. The largest absolute Gasteiger partial charge is 0.497 e. The van der Waals surface area contributed by atoms with Crippen molar-refractivity contribution in [3.8, 4) is 5.75 Å². The van der Waals surface area contributed by atoms with Crippen molar-refractivity contribution in [2.24, 2.45) is 5.73 Å². The summed E-state index contributed by atoms with van der Waals surface area (Å²) < 4.78 is 5.16. The third-order valence-corrected chi connectivity index (χ3v) is 2.57. The minimum atomic E-state index is -0.579. The number of aromatic amines is 1. The molecule has 0 fully saturated rings. The zero-order valence-corrected chi connectivity index (χ0v) is 8.99. The highest BCUT2D eigenvalue weighted by Gasteiger charge is 2.09. The molecule has 1 heterocycles. The summed E-state index contributed by atoms with van der Waals surface area (Å²) >= 11 is 0. The molecule has 4 nitrogen and oxygen atoms in total. The van der Waals surface area contributed by atoms with Crippen LogP contribution in [0, 0.1) is 0 Å². The predicted molar refractivity (Wildman–Crippen MR) is 62.2 cm³/mol. The second-order valence-electron chi connectivity index (χ2n) is 3.65. The number of hydrogen-bond acceptors (Lipinski definition) is 3. The lowest BCUT2D eigenvalue weighted by atomic mass is 10.1. The maximum Gasteiger partial charge on any atom is 0.217 e. The van der Waals surface area contributed by atoms with E-state index in [4.69, 9.17) is 10.5 Å². The van der Waals surface area contributed by atoms with Crippen LogP contribution >= 0.6 is 0 Å². The summed E-state index contributed by atoms with van der Waals surface area (Å²) in [4.78, 5) is 13.5. The second-order valence-corrected chi connectivity index (χ2v) is 3.65. The molecule has 0 bridgehead atoms. The van der Waals surface area contributed by atoms with E-state index in [2.05, 4.69) is 4.98 Å². The van der Waals surface area contributed by atoms with E-state index in [1.807, 2.05) is 24.4 Å². The van der Waals surface area contributed by atoms with Gasteiger partial charge in [-0.05, 0) is 30.2 Å². The number of carbonyl (C=O) groups excluding carboxylic acids is 1. The number of H-pyrrole nitrogens is 1. The lowest BCUT2D eigenvalue weighted by Gasteiger charge is -2.03. The number of fused-ring (bicyclic) bond motifs is 1.